The molecule has 9 heteroatoms. The number of anilines is 1. The second-order valence-corrected chi connectivity index (χ2v) is 6.44. The molecule has 1 heterocycles. The van der Waals surface area contributed by atoms with Gasteiger partial charge in [-0.3, -0.25) is 9.59 Å². The van der Waals surface area contributed by atoms with Gasteiger partial charge in [-0.1, -0.05) is 17.8 Å². The molecule has 1 aromatic heterocycles. The van der Waals surface area contributed by atoms with E-state index in [1.165, 1.54) is 17.8 Å². The third-order valence-electron chi connectivity index (χ3n) is 3.75. The van der Waals surface area contributed by atoms with Crippen LogP contribution in [0.2, 0.25) is 0 Å². The minimum atomic E-state index is -0.908. The molecule has 0 atom stereocenters. The summed E-state index contributed by atoms with van der Waals surface area (Å²) < 4.78 is 31.8. The summed E-state index contributed by atoms with van der Waals surface area (Å²) in [7, 11) is 0. The molecule has 1 N–H and O–H groups in total. The van der Waals surface area contributed by atoms with Crippen LogP contribution in [-0.4, -0.2) is 34.7 Å². The van der Waals surface area contributed by atoms with Crippen LogP contribution in [0.4, 0.5) is 14.5 Å². The normalized spacial score (nSPS) is 10.6. The SMILES string of the molecule is CSc1nc(C)c(CCC(=O)OCC(=O)Nc2c(F)cccc2F)c(C)n1. The van der Waals surface area contributed by atoms with Gasteiger partial charge in [0.1, 0.15) is 17.3 Å². The molecule has 2 aromatic rings. The van der Waals surface area contributed by atoms with Crippen LogP contribution >= 0.6 is 11.8 Å². The largest absolute Gasteiger partial charge is 0.456 e. The molecule has 0 fully saturated rings. The second-order valence-electron chi connectivity index (χ2n) is 5.67. The average Bonchev–Trinajstić information content (AvgIpc) is 2.62. The van der Waals surface area contributed by atoms with Gasteiger partial charge in [0.05, 0.1) is 0 Å². The van der Waals surface area contributed by atoms with Crippen molar-refractivity contribution in [2.75, 3.05) is 18.2 Å². The van der Waals surface area contributed by atoms with Crippen molar-refractivity contribution in [3.63, 3.8) is 0 Å². The number of carbonyl (C=O) groups is 2. The summed E-state index contributed by atoms with van der Waals surface area (Å²) in [6.45, 7) is 3.05. The Morgan fingerprint density at radius 3 is 2.30 bits per heavy atom. The number of rotatable bonds is 7. The molecule has 0 spiro atoms. The number of carbonyl (C=O) groups excluding carboxylic acids is 2. The Bertz CT molecular complexity index is 818. The molecule has 27 heavy (non-hydrogen) atoms. The zero-order valence-corrected chi connectivity index (χ0v) is 16.0. The zero-order chi connectivity index (χ0) is 20.0. The minimum Gasteiger partial charge on any atom is -0.456 e. The van der Waals surface area contributed by atoms with Gasteiger partial charge >= 0.3 is 5.97 Å². The lowest BCUT2D eigenvalue weighted by Gasteiger charge is -2.10. The first-order valence-corrected chi connectivity index (χ1v) is 9.32. The van der Waals surface area contributed by atoms with Gasteiger partial charge in [0.2, 0.25) is 0 Å². The third-order valence-corrected chi connectivity index (χ3v) is 4.30. The van der Waals surface area contributed by atoms with Gasteiger partial charge in [-0.2, -0.15) is 0 Å². The van der Waals surface area contributed by atoms with E-state index in [0.29, 0.717) is 11.6 Å². The lowest BCUT2D eigenvalue weighted by Crippen LogP contribution is -2.22. The molecule has 1 amide bonds. The van der Waals surface area contributed by atoms with Crippen LogP contribution in [-0.2, 0) is 20.7 Å². The fourth-order valence-corrected chi connectivity index (χ4v) is 2.86. The Hall–Kier alpha value is -2.55. The Labute approximate surface area is 159 Å². The number of esters is 1. The predicted octanol–water partition coefficient (Wildman–Crippen LogP) is 3.21. The molecule has 2 rings (SSSR count). The first-order valence-electron chi connectivity index (χ1n) is 8.09. The highest BCUT2D eigenvalue weighted by Gasteiger charge is 2.15. The van der Waals surface area contributed by atoms with Crippen molar-refractivity contribution < 1.29 is 23.1 Å². The molecule has 0 aliphatic heterocycles. The molecule has 0 aliphatic carbocycles. The molecule has 6 nitrogen and oxygen atoms in total. The van der Waals surface area contributed by atoms with E-state index in [-0.39, 0.29) is 6.42 Å². The fraction of sp³-hybridized carbons (Fsp3) is 0.333. The van der Waals surface area contributed by atoms with Crippen molar-refractivity contribution in [2.45, 2.75) is 31.8 Å². The van der Waals surface area contributed by atoms with Crippen LogP contribution in [0.25, 0.3) is 0 Å². The van der Waals surface area contributed by atoms with E-state index >= 15 is 0 Å². The van der Waals surface area contributed by atoms with E-state index in [9.17, 15) is 18.4 Å². The number of para-hydroxylation sites is 1. The van der Waals surface area contributed by atoms with Crippen molar-refractivity contribution in [3.05, 3.63) is 46.8 Å². The maximum Gasteiger partial charge on any atom is 0.306 e. The van der Waals surface area contributed by atoms with Gasteiger partial charge in [0.25, 0.3) is 5.91 Å². The Balaban J connectivity index is 1.85. The van der Waals surface area contributed by atoms with Gasteiger partial charge < -0.3 is 10.1 Å². The van der Waals surface area contributed by atoms with Crippen LogP contribution < -0.4 is 5.32 Å². The first kappa shape index (κ1) is 20.8. The van der Waals surface area contributed by atoms with Crippen molar-refractivity contribution in [1.82, 2.24) is 9.97 Å². The Kier molecular flexibility index (Phi) is 7.23. The zero-order valence-electron chi connectivity index (χ0n) is 15.1. The molecule has 0 saturated heterocycles. The van der Waals surface area contributed by atoms with E-state index in [2.05, 4.69) is 15.3 Å². The minimum absolute atomic E-state index is 0.0327. The summed E-state index contributed by atoms with van der Waals surface area (Å²) in [5, 5.41) is 2.71. The van der Waals surface area contributed by atoms with E-state index in [1.54, 1.807) is 0 Å². The number of aromatic nitrogens is 2. The summed E-state index contributed by atoms with van der Waals surface area (Å²) in [6, 6.07) is 3.21. The lowest BCUT2D eigenvalue weighted by molar-refractivity contribution is -0.147. The number of hydrogen-bond donors (Lipinski definition) is 1. The van der Waals surface area contributed by atoms with E-state index in [0.717, 1.165) is 29.1 Å². The fourth-order valence-electron chi connectivity index (χ4n) is 2.40. The summed E-state index contributed by atoms with van der Waals surface area (Å²) in [5.41, 5.74) is 1.85. The highest BCUT2D eigenvalue weighted by atomic mass is 32.2. The van der Waals surface area contributed by atoms with Crippen LogP contribution in [0, 0.1) is 25.5 Å². The standard InChI is InChI=1S/C18H19F2N3O3S/c1-10-12(11(2)22-18(21-10)27-3)7-8-16(25)26-9-15(24)23-17-13(19)5-4-6-14(17)20/h4-6H,7-9H2,1-3H3,(H,23,24). The number of benzene rings is 1. The van der Waals surface area contributed by atoms with E-state index < -0.39 is 35.8 Å². The van der Waals surface area contributed by atoms with Gasteiger partial charge in [-0.25, -0.2) is 18.7 Å². The summed E-state index contributed by atoms with van der Waals surface area (Å²) in [6.07, 6.45) is 2.28. The summed E-state index contributed by atoms with van der Waals surface area (Å²) in [5.74, 6) is -3.25. The Morgan fingerprint density at radius 1 is 1.15 bits per heavy atom. The number of thioether (sulfide) groups is 1. The van der Waals surface area contributed by atoms with Crippen molar-refractivity contribution >= 4 is 29.3 Å². The number of ether oxygens (including phenoxy) is 1. The molecular formula is C18H19F2N3O3S. The number of halogens is 2. The van der Waals surface area contributed by atoms with Crippen molar-refractivity contribution in [1.29, 1.82) is 0 Å². The number of nitrogens with one attached hydrogen (secondary N) is 1. The van der Waals surface area contributed by atoms with Gasteiger partial charge in [0.15, 0.2) is 11.8 Å². The predicted molar refractivity (Wildman–Crippen MR) is 97.6 cm³/mol. The van der Waals surface area contributed by atoms with Crippen LogP contribution in [0.1, 0.15) is 23.4 Å². The molecule has 1 aromatic carbocycles. The molecule has 0 radical (unpaired) electrons. The van der Waals surface area contributed by atoms with Gasteiger partial charge in [-0.05, 0) is 44.2 Å². The smallest absolute Gasteiger partial charge is 0.306 e. The molecule has 144 valence electrons. The highest BCUT2D eigenvalue weighted by molar-refractivity contribution is 7.98. The maximum absolute atomic E-state index is 13.5. The van der Waals surface area contributed by atoms with Crippen LogP contribution in [0.5, 0.6) is 0 Å². The second kappa shape index (κ2) is 9.40. The molecule has 0 saturated carbocycles. The highest BCUT2D eigenvalue weighted by Crippen LogP contribution is 2.18. The quantitative estimate of drug-likeness (QED) is 0.441. The average molecular weight is 395 g/mol. The van der Waals surface area contributed by atoms with Gasteiger partial charge in [-0.15, -0.1) is 0 Å². The number of hydrogen-bond acceptors (Lipinski definition) is 6. The third kappa shape index (κ3) is 5.72. The van der Waals surface area contributed by atoms with E-state index in [1.807, 2.05) is 20.1 Å². The first-order chi connectivity index (χ1) is 12.8. The van der Waals surface area contributed by atoms with Gasteiger partial charge in [0, 0.05) is 17.8 Å². The molecular weight excluding hydrogens is 376 g/mol. The number of aryl methyl sites for hydroxylation is 2. The van der Waals surface area contributed by atoms with Crippen LogP contribution in [0.15, 0.2) is 23.4 Å². The lowest BCUT2D eigenvalue weighted by atomic mass is 10.1. The monoisotopic (exact) mass is 395 g/mol. The summed E-state index contributed by atoms with van der Waals surface area (Å²) in [4.78, 5) is 32.3. The van der Waals surface area contributed by atoms with Crippen molar-refractivity contribution in [2.24, 2.45) is 0 Å². The summed E-state index contributed by atoms with van der Waals surface area (Å²) >= 11 is 1.43. The number of nitrogens with zero attached hydrogens (tertiary/aromatic N) is 2. The molecule has 0 bridgehead atoms. The number of amides is 1. The topological polar surface area (TPSA) is 81.2 Å². The molecule has 0 unspecified atom stereocenters. The van der Waals surface area contributed by atoms with E-state index in [4.69, 9.17) is 4.74 Å². The Morgan fingerprint density at radius 2 is 1.74 bits per heavy atom. The maximum atomic E-state index is 13.5. The van der Waals surface area contributed by atoms with Crippen molar-refractivity contribution in [3.8, 4) is 0 Å². The molecule has 0 aliphatic rings. The van der Waals surface area contributed by atoms with Crippen LogP contribution in [0.3, 0.4) is 0 Å².